The first-order chi connectivity index (χ1) is 9.01. The van der Waals surface area contributed by atoms with E-state index in [4.69, 9.17) is 4.74 Å². The maximum absolute atomic E-state index is 5.21. The third kappa shape index (κ3) is 4.06. The predicted octanol–water partition coefficient (Wildman–Crippen LogP) is 2.39. The molecule has 1 heterocycles. The van der Waals surface area contributed by atoms with E-state index in [1.807, 2.05) is 14.0 Å². The van der Waals surface area contributed by atoms with Crippen LogP contribution in [0, 0.1) is 13.8 Å². The summed E-state index contributed by atoms with van der Waals surface area (Å²) in [5, 5.41) is 3.36. The highest BCUT2D eigenvalue weighted by Gasteiger charge is 2.16. The fraction of sp³-hybridized carbons (Fsp3) is 0.714. The minimum Gasteiger partial charge on any atom is -0.383 e. The standard InChI is InChI=1S/C14H26N4O/c1-7-8-15-13-11(3)14(17-12(4)16-13)18(5)10(2)9-19-6/h10H,7-9H2,1-6H3,(H,15,16,17). The molecule has 1 aromatic heterocycles. The van der Waals surface area contributed by atoms with Crippen LogP contribution in [0.4, 0.5) is 11.6 Å². The lowest BCUT2D eigenvalue weighted by Crippen LogP contribution is -2.34. The Kier molecular flexibility index (Phi) is 6.02. The summed E-state index contributed by atoms with van der Waals surface area (Å²) in [7, 11) is 3.76. The number of hydrogen-bond acceptors (Lipinski definition) is 5. The lowest BCUT2D eigenvalue weighted by Gasteiger charge is -2.27. The maximum atomic E-state index is 5.21. The molecule has 0 aliphatic rings. The average molecular weight is 266 g/mol. The normalized spacial score (nSPS) is 12.3. The number of rotatable bonds is 7. The molecule has 1 N–H and O–H groups in total. The third-order valence-corrected chi connectivity index (χ3v) is 3.18. The molecule has 0 amide bonds. The Morgan fingerprint density at radius 2 is 2.00 bits per heavy atom. The summed E-state index contributed by atoms with van der Waals surface area (Å²) in [6.07, 6.45) is 1.08. The van der Waals surface area contributed by atoms with Crippen LogP contribution in [0.2, 0.25) is 0 Å². The van der Waals surface area contributed by atoms with Crippen LogP contribution in [0.3, 0.4) is 0 Å². The number of anilines is 2. The van der Waals surface area contributed by atoms with Gasteiger partial charge in [-0.05, 0) is 27.2 Å². The Morgan fingerprint density at radius 3 is 2.58 bits per heavy atom. The number of nitrogens with one attached hydrogen (secondary N) is 1. The molecule has 1 aromatic rings. The molecule has 0 bridgehead atoms. The van der Waals surface area contributed by atoms with Gasteiger partial charge in [0.2, 0.25) is 0 Å². The van der Waals surface area contributed by atoms with Crippen molar-refractivity contribution in [3.8, 4) is 0 Å². The van der Waals surface area contributed by atoms with E-state index in [-0.39, 0.29) is 6.04 Å². The Balaban J connectivity index is 3.02. The molecule has 0 saturated carbocycles. The van der Waals surface area contributed by atoms with Crippen molar-refractivity contribution in [1.29, 1.82) is 0 Å². The Bertz CT molecular complexity index is 409. The average Bonchev–Trinajstić information content (AvgIpc) is 2.38. The van der Waals surface area contributed by atoms with E-state index < -0.39 is 0 Å². The van der Waals surface area contributed by atoms with Crippen molar-refractivity contribution in [3.05, 3.63) is 11.4 Å². The van der Waals surface area contributed by atoms with Gasteiger partial charge in [-0.3, -0.25) is 0 Å². The lowest BCUT2D eigenvalue weighted by molar-refractivity contribution is 0.183. The number of nitrogens with zero attached hydrogens (tertiary/aromatic N) is 3. The van der Waals surface area contributed by atoms with Gasteiger partial charge in [-0.15, -0.1) is 0 Å². The molecule has 5 nitrogen and oxygen atoms in total. The molecule has 1 unspecified atom stereocenters. The first-order valence-corrected chi connectivity index (χ1v) is 6.82. The fourth-order valence-corrected chi connectivity index (χ4v) is 1.93. The number of ether oxygens (including phenoxy) is 1. The van der Waals surface area contributed by atoms with Crippen LogP contribution >= 0.6 is 0 Å². The summed E-state index contributed by atoms with van der Waals surface area (Å²) in [6, 6.07) is 0.275. The summed E-state index contributed by atoms with van der Waals surface area (Å²) in [5.41, 5.74) is 1.09. The van der Waals surface area contributed by atoms with E-state index in [0.717, 1.165) is 36.0 Å². The molecule has 0 aliphatic heterocycles. The first-order valence-electron chi connectivity index (χ1n) is 6.82. The molecule has 1 rings (SSSR count). The van der Waals surface area contributed by atoms with Crippen LogP contribution in [0.1, 0.15) is 31.7 Å². The van der Waals surface area contributed by atoms with E-state index in [1.54, 1.807) is 7.11 Å². The lowest BCUT2D eigenvalue weighted by atomic mass is 10.2. The summed E-state index contributed by atoms with van der Waals surface area (Å²) in [4.78, 5) is 11.2. The van der Waals surface area contributed by atoms with Crippen molar-refractivity contribution in [2.24, 2.45) is 0 Å². The largest absolute Gasteiger partial charge is 0.383 e. The van der Waals surface area contributed by atoms with Gasteiger partial charge < -0.3 is 15.0 Å². The molecule has 0 aliphatic carbocycles. The zero-order valence-electron chi connectivity index (χ0n) is 12.9. The van der Waals surface area contributed by atoms with E-state index in [9.17, 15) is 0 Å². The molecule has 0 aromatic carbocycles. The van der Waals surface area contributed by atoms with Crippen LogP contribution in [-0.4, -0.2) is 43.3 Å². The smallest absolute Gasteiger partial charge is 0.137 e. The molecule has 0 radical (unpaired) electrons. The number of hydrogen-bond donors (Lipinski definition) is 1. The SMILES string of the molecule is CCCNc1nc(C)nc(N(C)C(C)COC)c1C. The van der Waals surface area contributed by atoms with E-state index in [1.165, 1.54) is 0 Å². The summed E-state index contributed by atoms with van der Waals surface area (Å²) in [6.45, 7) is 9.85. The Hall–Kier alpha value is -1.36. The first kappa shape index (κ1) is 15.7. The van der Waals surface area contributed by atoms with Gasteiger partial charge in [0.25, 0.3) is 0 Å². The summed E-state index contributed by atoms with van der Waals surface area (Å²) >= 11 is 0. The van der Waals surface area contributed by atoms with Gasteiger partial charge >= 0.3 is 0 Å². The van der Waals surface area contributed by atoms with Gasteiger partial charge in [-0.25, -0.2) is 9.97 Å². The highest BCUT2D eigenvalue weighted by Crippen LogP contribution is 2.24. The zero-order valence-corrected chi connectivity index (χ0v) is 12.9. The fourth-order valence-electron chi connectivity index (χ4n) is 1.93. The second kappa shape index (κ2) is 7.28. The molecular weight excluding hydrogens is 240 g/mol. The van der Waals surface area contributed by atoms with E-state index in [0.29, 0.717) is 6.61 Å². The molecule has 108 valence electrons. The molecule has 19 heavy (non-hydrogen) atoms. The van der Waals surface area contributed by atoms with E-state index in [2.05, 4.69) is 41.0 Å². The Morgan fingerprint density at radius 1 is 1.32 bits per heavy atom. The van der Waals surface area contributed by atoms with Crippen LogP contribution in [0.15, 0.2) is 0 Å². The molecule has 5 heteroatoms. The summed E-state index contributed by atoms with van der Waals surface area (Å²) in [5.74, 6) is 2.69. The van der Waals surface area contributed by atoms with Crippen molar-refractivity contribution in [2.75, 3.05) is 37.5 Å². The van der Waals surface area contributed by atoms with Crippen LogP contribution in [0.25, 0.3) is 0 Å². The zero-order chi connectivity index (χ0) is 14.4. The van der Waals surface area contributed by atoms with Crippen molar-refractivity contribution in [3.63, 3.8) is 0 Å². The van der Waals surface area contributed by atoms with Crippen molar-refractivity contribution >= 4 is 11.6 Å². The maximum Gasteiger partial charge on any atom is 0.137 e. The molecule has 0 saturated heterocycles. The minimum absolute atomic E-state index is 0.275. The van der Waals surface area contributed by atoms with Gasteiger partial charge in [-0.2, -0.15) is 0 Å². The second-order valence-electron chi connectivity index (χ2n) is 4.91. The van der Waals surface area contributed by atoms with Gasteiger partial charge in [0, 0.05) is 26.3 Å². The van der Waals surface area contributed by atoms with Crippen LogP contribution < -0.4 is 10.2 Å². The van der Waals surface area contributed by atoms with Crippen LogP contribution in [0.5, 0.6) is 0 Å². The highest BCUT2D eigenvalue weighted by atomic mass is 16.5. The number of aromatic nitrogens is 2. The van der Waals surface area contributed by atoms with Crippen molar-refractivity contribution in [1.82, 2.24) is 9.97 Å². The Labute approximate surface area is 116 Å². The third-order valence-electron chi connectivity index (χ3n) is 3.18. The quantitative estimate of drug-likeness (QED) is 0.821. The summed E-state index contributed by atoms with van der Waals surface area (Å²) < 4.78 is 5.21. The van der Waals surface area contributed by atoms with E-state index >= 15 is 0 Å². The second-order valence-corrected chi connectivity index (χ2v) is 4.91. The molecule has 0 spiro atoms. The molecule has 1 atom stereocenters. The minimum atomic E-state index is 0.275. The monoisotopic (exact) mass is 266 g/mol. The highest BCUT2D eigenvalue weighted by molar-refractivity contribution is 5.58. The topological polar surface area (TPSA) is 50.3 Å². The molecule has 0 fully saturated rings. The number of likely N-dealkylation sites (N-methyl/N-ethyl adjacent to an activating group) is 1. The van der Waals surface area contributed by atoms with Gasteiger partial charge in [0.15, 0.2) is 0 Å². The van der Waals surface area contributed by atoms with Crippen molar-refractivity contribution < 1.29 is 4.74 Å². The molecular formula is C14H26N4O. The number of aryl methyl sites for hydroxylation is 1. The van der Waals surface area contributed by atoms with Gasteiger partial charge in [0.1, 0.15) is 17.5 Å². The van der Waals surface area contributed by atoms with Gasteiger partial charge in [0.05, 0.1) is 12.6 Å². The van der Waals surface area contributed by atoms with Crippen molar-refractivity contribution in [2.45, 2.75) is 40.2 Å². The van der Waals surface area contributed by atoms with Crippen LogP contribution in [-0.2, 0) is 4.74 Å². The number of methoxy groups -OCH3 is 1. The van der Waals surface area contributed by atoms with Gasteiger partial charge in [-0.1, -0.05) is 6.92 Å². The predicted molar refractivity (Wildman–Crippen MR) is 80.0 cm³/mol.